The molecule has 5 nitrogen and oxygen atoms in total. The quantitative estimate of drug-likeness (QED) is 0.393. The van der Waals surface area contributed by atoms with Gasteiger partial charge in [-0.15, -0.1) is 0 Å². The summed E-state index contributed by atoms with van der Waals surface area (Å²) < 4.78 is 5.95. The van der Waals surface area contributed by atoms with E-state index in [0.717, 1.165) is 22.3 Å². The molecule has 0 aliphatic rings. The zero-order valence-corrected chi connectivity index (χ0v) is 22.4. The molecule has 3 aromatic carbocycles. The van der Waals surface area contributed by atoms with E-state index in [-0.39, 0.29) is 25.0 Å². The lowest BCUT2D eigenvalue weighted by molar-refractivity contribution is -0.143. The molecule has 0 spiro atoms. The van der Waals surface area contributed by atoms with Crippen LogP contribution in [-0.4, -0.2) is 34.9 Å². The van der Waals surface area contributed by atoms with Gasteiger partial charge in [0.25, 0.3) is 5.91 Å². The van der Waals surface area contributed by atoms with Crippen molar-refractivity contribution in [3.63, 3.8) is 0 Å². The van der Waals surface area contributed by atoms with Crippen LogP contribution in [0.25, 0.3) is 0 Å². The van der Waals surface area contributed by atoms with E-state index < -0.39 is 11.6 Å². The van der Waals surface area contributed by atoms with E-state index in [9.17, 15) is 9.59 Å². The molecule has 0 unspecified atom stereocenters. The van der Waals surface area contributed by atoms with Gasteiger partial charge < -0.3 is 15.0 Å². The average Bonchev–Trinajstić information content (AvgIpc) is 2.81. The second-order valence-corrected chi connectivity index (χ2v) is 10.6. The van der Waals surface area contributed by atoms with Crippen LogP contribution in [0, 0.1) is 13.8 Å². The Morgan fingerprint density at radius 2 is 1.64 bits per heavy atom. The molecule has 0 aromatic heterocycles. The Kier molecular flexibility index (Phi) is 9.16. The van der Waals surface area contributed by atoms with Crippen LogP contribution in [0.1, 0.15) is 43.0 Å². The van der Waals surface area contributed by atoms with Crippen molar-refractivity contribution >= 4 is 23.4 Å². The van der Waals surface area contributed by atoms with Gasteiger partial charge in [0.05, 0.1) is 0 Å². The molecule has 0 saturated carbocycles. The predicted molar refractivity (Wildman–Crippen MR) is 145 cm³/mol. The second kappa shape index (κ2) is 12.1. The molecular formula is C30H35ClN2O3. The molecule has 0 radical (unpaired) electrons. The van der Waals surface area contributed by atoms with E-state index in [1.165, 1.54) is 0 Å². The maximum absolute atomic E-state index is 13.7. The lowest BCUT2D eigenvalue weighted by Gasteiger charge is -2.34. The highest BCUT2D eigenvalue weighted by molar-refractivity contribution is 6.30. The van der Waals surface area contributed by atoms with E-state index in [1.807, 2.05) is 101 Å². The molecule has 0 heterocycles. The first-order valence-corrected chi connectivity index (χ1v) is 12.5. The molecule has 3 aromatic rings. The average molecular weight is 507 g/mol. The topological polar surface area (TPSA) is 58.6 Å². The predicted octanol–water partition coefficient (Wildman–Crippen LogP) is 5.89. The number of aryl methyl sites for hydroxylation is 2. The third-order valence-corrected chi connectivity index (χ3v) is 5.94. The van der Waals surface area contributed by atoms with Gasteiger partial charge in [-0.1, -0.05) is 66.2 Å². The smallest absolute Gasteiger partial charge is 0.261 e. The third-order valence-electron chi connectivity index (χ3n) is 5.71. The van der Waals surface area contributed by atoms with Crippen LogP contribution < -0.4 is 10.1 Å². The Morgan fingerprint density at radius 3 is 2.31 bits per heavy atom. The lowest BCUT2D eigenvalue weighted by Crippen LogP contribution is -2.55. The molecule has 6 heteroatoms. The number of halogens is 1. The number of amides is 2. The monoisotopic (exact) mass is 506 g/mol. The van der Waals surface area contributed by atoms with Gasteiger partial charge >= 0.3 is 0 Å². The summed E-state index contributed by atoms with van der Waals surface area (Å²) >= 11 is 6.23. The number of carbonyl (C=O) groups excluding carboxylic acids is 2. The maximum atomic E-state index is 13.7. The van der Waals surface area contributed by atoms with Crippen molar-refractivity contribution in [1.29, 1.82) is 0 Å². The van der Waals surface area contributed by atoms with E-state index >= 15 is 0 Å². The Balaban J connectivity index is 1.95. The van der Waals surface area contributed by atoms with Crippen molar-refractivity contribution in [2.45, 2.75) is 59.2 Å². The number of ether oxygens (including phenoxy) is 1. The Labute approximate surface area is 219 Å². The van der Waals surface area contributed by atoms with Crippen LogP contribution in [-0.2, 0) is 22.6 Å². The number of benzene rings is 3. The van der Waals surface area contributed by atoms with E-state index in [1.54, 1.807) is 11.0 Å². The summed E-state index contributed by atoms with van der Waals surface area (Å²) in [5.41, 5.74) is 3.34. The van der Waals surface area contributed by atoms with E-state index in [4.69, 9.17) is 16.3 Å². The molecule has 1 atom stereocenters. The number of hydrogen-bond donors (Lipinski definition) is 1. The van der Waals surface area contributed by atoms with Crippen LogP contribution in [0.3, 0.4) is 0 Å². The molecule has 0 aliphatic carbocycles. The SMILES string of the molecule is Cc1ccc(C)c(OCC(=O)N(Cc2cccc(Cl)c2)[C@@H](Cc2ccccc2)C(=O)NC(C)(C)C)c1. The van der Waals surface area contributed by atoms with Crippen LogP contribution >= 0.6 is 11.6 Å². The van der Waals surface area contributed by atoms with Crippen molar-refractivity contribution < 1.29 is 14.3 Å². The first-order chi connectivity index (χ1) is 17.0. The standard InChI is InChI=1S/C30H35ClN2O3/c1-21-14-15-22(2)27(16-21)36-20-28(34)33(19-24-12-9-13-25(31)17-24)26(29(35)32-30(3,4)5)18-23-10-7-6-8-11-23/h6-17,26H,18-20H2,1-5H3,(H,32,35)/t26-/m0/s1. The van der Waals surface area contributed by atoms with Crippen molar-refractivity contribution in [3.05, 3.63) is 100 Å². The van der Waals surface area contributed by atoms with Crippen LogP contribution in [0.5, 0.6) is 5.75 Å². The number of hydrogen-bond acceptors (Lipinski definition) is 3. The molecule has 3 rings (SSSR count). The Morgan fingerprint density at radius 1 is 0.944 bits per heavy atom. The molecule has 0 saturated heterocycles. The number of carbonyl (C=O) groups is 2. The first-order valence-electron chi connectivity index (χ1n) is 12.1. The summed E-state index contributed by atoms with van der Waals surface area (Å²) in [6.07, 6.45) is 0.374. The highest BCUT2D eigenvalue weighted by Crippen LogP contribution is 2.21. The summed E-state index contributed by atoms with van der Waals surface area (Å²) in [4.78, 5) is 28.9. The van der Waals surface area contributed by atoms with E-state index in [0.29, 0.717) is 17.2 Å². The third kappa shape index (κ3) is 8.13. The molecule has 1 N–H and O–H groups in total. The van der Waals surface area contributed by atoms with Gasteiger partial charge in [0.2, 0.25) is 5.91 Å². The number of nitrogens with zero attached hydrogens (tertiary/aromatic N) is 1. The van der Waals surface area contributed by atoms with Gasteiger partial charge in [-0.25, -0.2) is 0 Å². The summed E-state index contributed by atoms with van der Waals surface area (Å²) in [5, 5.41) is 3.64. The highest BCUT2D eigenvalue weighted by atomic mass is 35.5. The fraction of sp³-hybridized carbons (Fsp3) is 0.333. The second-order valence-electron chi connectivity index (χ2n) is 10.2. The minimum atomic E-state index is -0.736. The first kappa shape index (κ1) is 27.3. The molecular weight excluding hydrogens is 472 g/mol. The summed E-state index contributed by atoms with van der Waals surface area (Å²) in [6.45, 7) is 9.75. The molecule has 2 amide bonds. The van der Waals surface area contributed by atoms with Gasteiger partial charge in [-0.2, -0.15) is 0 Å². The van der Waals surface area contributed by atoms with Crippen molar-refractivity contribution in [3.8, 4) is 5.75 Å². The van der Waals surface area contributed by atoms with Gasteiger partial charge in [0, 0.05) is 23.5 Å². The zero-order valence-electron chi connectivity index (χ0n) is 21.7. The van der Waals surface area contributed by atoms with Crippen LogP contribution in [0.2, 0.25) is 5.02 Å². The summed E-state index contributed by atoms with van der Waals surface area (Å²) in [5.74, 6) is 0.166. The highest BCUT2D eigenvalue weighted by Gasteiger charge is 2.32. The van der Waals surface area contributed by atoms with Gasteiger partial charge in [0.1, 0.15) is 11.8 Å². The molecule has 0 aliphatic heterocycles. The van der Waals surface area contributed by atoms with Gasteiger partial charge in [0.15, 0.2) is 6.61 Å². The fourth-order valence-corrected chi connectivity index (χ4v) is 4.14. The number of nitrogens with one attached hydrogen (secondary N) is 1. The van der Waals surface area contributed by atoms with Crippen LogP contribution in [0.15, 0.2) is 72.8 Å². The van der Waals surface area contributed by atoms with Crippen molar-refractivity contribution in [2.24, 2.45) is 0 Å². The molecule has 0 bridgehead atoms. The summed E-state index contributed by atoms with van der Waals surface area (Å²) in [7, 11) is 0. The zero-order chi connectivity index (χ0) is 26.3. The molecule has 190 valence electrons. The largest absolute Gasteiger partial charge is 0.483 e. The molecule has 36 heavy (non-hydrogen) atoms. The van der Waals surface area contributed by atoms with Crippen molar-refractivity contribution in [1.82, 2.24) is 10.2 Å². The fourth-order valence-electron chi connectivity index (χ4n) is 3.92. The minimum Gasteiger partial charge on any atom is -0.483 e. The lowest BCUT2D eigenvalue weighted by atomic mass is 10.0. The van der Waals surface area contributed by atoms with Gasteiger partial charge in [-0.3, -0.25) is 9.59 Å². The van der Waals surface area contributed by atoms with Crippen LogP contribution in [0.4, 0.5) is 0 Å². The Hall–Kier alpha value is -3.31. The maximum Gasteiger partial charge on any atom is 0.261 e. The van der Waals surface area contributed by atoms with E-state index in [2.05, 4.69) is 5.32 Å². The number of rotatable bonds is 9. The summed E-state index contributed by atoms with van der Waals surface area (Å²) in [6, 6.07) is 22.2. The van der Waals surface area contributed by atoms with Gasteiger partial charge in [-0.05, 0) is 75.1 Å². The molecule has 0 fully saturated rings. The minimum absolute atomic E-state index is 0.182. The van der Waals surface area contributed by atoms with Crippen molar-refractivity contribution in [2.75, 3.05) is 6.61 Å². The normalized spacial score (nSPS) is 12.1. The Bertz CT molecular complexity index is 1190.